The van der Waals surface area contributed by atoms with Crippen LogP contribution in [0, 0.1) is 46.3 Å². The minimum atomic E-state index is 0.423. The van der Waals surface area contributed by atoms with Crippen LogP contribution in [0.15, 0.2) is 11.6 Å². The van der Waals surface area contributed by atoms with Gasteiger partial charge in [0.2, 0.25) is 0 Å². The van der Waals surface area contributed by atoms with Gasteiger partial charge in [0.1, 0.15) is 0 Å². The summed E-state index contributed by atoms with van der Waals surface area (Å²) in [5.41, 5.74) is 9.18. The Labute approximate surface area is 175 Å². The van der Waals surface area contributed by atoms with E-state index in [1.165, 1.54) is 70.6 Å². The summed E-state index contributed by atoms with van der Waals surface area (Å²) in [4.78, 5) is 0. The first-order chi connectivity index (χ1) is 13.3. The molecular weight excluding hydrogens is 338 g/mol. The van der Waals surface area contributed by atoms with Crippen LogP contribution in [0.5, 0.6) is 0 Å². The second-order valence-corrected chi connectivity index (χ2v) is 12.3. The SMILES string of the molecule is CC(C)CCC[C@@H](C)[C@H]1CC[C@H]2[C@@H]3CC=C4CC(N)CC[C@]4(C)[C@H]3CC[C@]12C. The van der Waals surface area contributed by atoms with E-state index in [1.54, 1.807) is 5.57 Å². The third kappa shape index (κ3) is 3.42. The minimum absolute atomic E-state index is 0.423. The van der Waals surface area contributed by atoms with E-state index in [0.29, 0.717) is 16.9 Å². The van der Waals surface area contributed by atoms with Crippen LogP contribution < -0.4 is 5.73 Å². The van der Waals surface area contributed by atoms with Crippen molar-refractivity contribution in [3.63, 3.8) is 0 Å². The van der Waals surface area contributed by atoms with Gasteiger partial charge in [0.15, 0.2) is 0 Å². The van der Waals surface area contributed by atoms with Gasteiger partial charge in [0.05, 0.1) is 0 Å². The fourth-order valence-electron chi connectivity index (χ4n) is 8.71. The average Bonchev–Trinajstić information content (AvgIpc) is 2.99. The van der Waals surface area contributed by atoms with Crippen LogP contribution in [0.4, 0.5) is 0 Å². The Morgan fingerprint density at radius 3 is 2.54 bits per heavy atom. The van der Waals surface area contributed by atoms with Gasteiger partial charge in [0.25, 0.3) is 0 Å². The smallest absolute Gasteiger partial charge is 0.00766 e. The molecule has 0 amide bonds. The van der Waals surface area contributed by atoms with Crippen LogP contribution in [0.1, 0.15) is 105 Å². The number of fused-ring (bicyclic) bond motifs is 5. The van der Waals surface area contributed by atoms with E-state index in [0.717, 1.165) is 35.5 Å². The van der Waals surface area contributed by atoms with Crippen molar-refractivity contribution >= 4 is 0 Å². The summed E-state index contributed by atoms with van der Waals surface area (Å²) in [6, 6.07) is 0.423. The maximum Gasteiger partial charge on any atom is 0.00766 e. The molecule has 0 bridgehead atoms. The van der Waals surface area contributed by atoms with Crippen molar-refractivity contribution in [2.75, 3.05) is 0 Å². The summed E-state index contributed by atoms with van der Waals surface area (Å²) in [5, 5.41) is 0. The Morgan fingerprint density at radius 1 is 1.00 bits per heavy atom. The lowest BCUT2D eigenvalue weighted by Crippen LogP contribution is -2.51. The average molecular weight is 386 g/mol. The number of hydrogen-bond acceptors (Lipinski definition) is 1. The lowest BCUT2D eigenvalue weighted by molar-refractivity contribution is -0.0508. The maximum atomic E-state index is 6.34. The van der Waals surface area contributed by atoms with Crippen molar-refractivity contribution in [2.45, 2.75) is 111 Å². The Bertz CT molecular complexity index is 591. The van der Waals surface area contributed by atoms with Crippen LogP contribution in [-0.2, 0) is 0 Å². The first-order valence-electron chi connectivity index (χ1n) is 12.7. The van der Waals surface area contributed by atoms with Gasteiger partial charge in [-0.05, 0) is 97.7 Å². The van der Waals surface area contributed by atoms with E-state index >= 15 is 0 Å². The van der Waals surface area contributed by atoms with Crippen LogP contribution in [0.25, 0.3) is 0 Å². The second kappa shape index (κ2) is 7.75. The zero-order chi connectivity index (χ0) is 20.1. The molecule has 3 fully saturated rings. The molecule has 0 aliphatic heterocycles. The van der Waals surface area contributed by atoms with Gasteiger partial charge in [0, 0.05) is 6.04 Å². The molecule has 0 saturated heterocycles. The number of allylic oxidation sites excluding steroid dienone is 1. The van der Waals surface area contributed by atoms with Gasteiger partial charge >= 0.3 is 0 Å². The Morgan fingerprint density at radius 2 is 1.79 bits per heavy atom. The summed E-state index contributed by atoms with van der Waals surface area (Å²) < 4.78 is 0. The van der Waals surface area contributed by atoms with E-state index < -0.39 is 0 Å². The lowest BCUT2D eigenvalue weighted by Gasteiger charge is -2.58. The molecular formula is C27H47N. The molecule has 0 radical (unpaired) electrons. The summed E-state index contributed by atoms with van der Waals surface area (Å²) >= 11 is 0. The van der Waals surface area contributed by atoms with Gasteiger partial charge in [-0.1, -0.05) is 65.5 Å². The largest absolute Gasteiger partial charge is 0.327 e. The highest BCUT2D eigenvalue weighted by molar-refractivity contribution is 5.25. The third-order valence-electron chi connectivity index (χ3n) is 10.3. The summed E-state index contributed by atoms with van der Waals surface area (Å²) in [6.45, 7) is 12.7. The molecule has 8 atom stereocenters. The van der Waals surface area contributed by atoms with E-state index in [2.05, 4.69) is 40.7 Å². The van der Waals surface area contributed by atoms with Gasteiger partial charge in [-0.3, -0.25) is 0 Å². The normalized spacial score (nSPS) is 46.5. The van der Waals surface area contributed by atoms with E-state index in [1.807, 2.05) is 0 Å². The Kier molecular flexibility index (Phi) is 5.80. The van der Waals surface area contributed by atoms with Crippen molar-refractivity contribution < 1.29 is 0 Å². The van der Waals surface area contributed by atoms with Crippen molar-refractivity contribution in [1.29, 1.82) is 0 Å². The van der Waals surface area contributed by atoms with Crippen LogP contribution in [0.3, 0.4) is 0 Å². The van der Waals surface area contributed by atoms with Crippen molar-refractivity contribution in [3.05, 3.63) is 11.6 Å². The Balaban J connectivity index is 1.49. The zero-order valence-electron chi connectivity index (χ0n) is 19.5. The monoisotopic (exact) mass is 385 g/mol. The minimum Gasteiger partial charge on any atom is -0.327 e. The highest BCUT2D eigenvalue weighted by Crippen LogP contribution is 2.67. The van der Waals surface area contributed by atoms with Crippen LogP contribution in [0.2, 0.25) is 0 Å². The lowest BCUT2D eigenvalue weighted by atomic mass is 9.47. The summed E-state index contributed by atoms with van der Waals surface area (Å²) in [7, 11) is 0. The van der Waals surface area contributed by atoms with Gasteiger partial charge in [-0.25, -0.2) is 0 Å². The first-order valence-corrected chi connectivity index (χ1v) is 12.7. The summed E-state index contributed by atoms with van der Waals surface area (Å²) in [6.07, 6.45) is 18.1. The summed E-state index contributed by atoms with van der Waals surface area (Å²) in [5.74, 6) is 5.63. The van der Waals surface area contributed by atoms with Gasteiger partial charge in [-0.15, -0.1) is 0 Å². The highest BCUT2D eigenvalue weighted by Gasteiger charge is 2.58. The molecule has 3 saturated carbocycles. The fourth-order valence-corrected chi connectivity index (χ4v) is 8.71. The van der Waals surface area contributed by atoms with E-state index in [-0.39, 0.29) is 0 Å². The molecule has 4 aliphatic rings. The molecule has 28 heavy (non-hydrogen) atoms. The van der Waals surface area contributed by atoms with E-state index in [4.69, 9.17) is 5.73 Å². The maximum absolute atomic E-state index is 6.34. The Hall–Kier alpha value is -0.300. The predicted molar refractivity (Wildman–Crippen MR) is 121 cm³/mol. The quantitative estimate of drug-likeness (QED) is 0.492. The van der Waals surface area contributed by atoms with Crippen molar-refractivity contribution in [1.82, 2.24) is 0 Å². The predicted octanol–water partition coefficient (Wildman–Crippen LogP) is 7.36. The number of nitrogens with two attached hydrogens (primary N) is 1. The molecule has 4 rings (SSSR count). The molecule has 1 nitrogen and oxygen atoms in total. The topological polar surface area (TPSA) is 26.0 Å². The van der Waals surface area contributed by atoms with Crippen molar-refractivity contribution in [2.24, 2.45) is 52.1 Å². The number of hydrogen-bond donors (Lipinski definition) is 1. The molecule has 2 N–H and O–H groups in total. The molecule has 0 aromatic carbocycles. The molecule has 160 valence electrons. The van der Waals surface area contributed by atoms with E-state index in [9.17, 15) is 0 Å². The molecule has 1 heteroatoms. The van der Waals surface area contributed by atoms with Crippen LogP contribution in [-0.4, -0.2) is 6.04 Å². The van der Waals surface area contributed by atoms with Crippen LogP contribution >= 0.6 is 0 Å². The molecule has 0 aromatic rings. The first kappa shape index (κ1) is 21.0. The zero-order valence-corrected chi connectivity index (χ0v) is 19.5. The fraction of sp³-hybridized carbons (Fsp3) is 0.926. The molecule has 1 unspecified atom stereocenters. The third-order valence-corrected chi connectivity index (χ3v) is 10.3. The van der Waals surface area contributed by atoms with Gasteiger partial charge in [-0.2, -0.15) is 0 Å². The van der Waals surface area contributed by atoms with Crippen molar-refractivity contribution in [3.8, 4) is 0 Å². The molecule has 0 aromatic heterocycles. The highest BCUT2D eigenvalue weighted by atomic mass is 14.7. The molecule has 4 aliphatic carbocycles. The standard InChI is InChI=1S/C27H47N/c1-18(2)7-6-8-19(3)23-11-12-24-22-10-9-20-17-21(28)13-15-26(20,4)25(22)14-16-27(23,24)5/h9,18-19,21-25H,6-8,10-17,28H2,1-5H3/t19-,21?,22+,23-,24+,25+,26+,27-/m1/s1. The molecule has 0 spiro atoms. The second-order valence-electron chi connectivity index (χ2n) is 12.3. The van der Waals surface area contributed by atoms with Gasteiger partial charge < -0.3 is 5.73 Å². The molecule has 0 heterocycles. The number of rotatable bonds is 5.